The molecule has 4 N–H and O–H groups in total. The van der Waals surface area contributed by atoms with E-state index in [1.54, 1.807) is 12.3 Å². The zero-order chi connectivity index (χ0) is 12.3. The minimum atomic E-state index is 0.362. The Balaban J connectivity index is 2.27. The number of nitrogen functional groups attached to an aromatic ring is 1. The van der Waals surface area contributed by atoms with E-state index in [-0.39, 0.29) is 0 Å². The smallest absolute Gasteiger partial charge is 0.239 e. The largest absolute Gasteiger partial charge is 0.339 e. The van der Waals surface area contributed by atoms with E-state index >= 15 is 0 Å². The second-order valence-corrected chi connectivity index (χ2v) is 4.93. The molecule has 0 unspecified atom stereocenters. The van der Waals surface area contributed by atoms with Crippen LogP contribution in [0.3, 0.4) is 0 Å². The van der Waals surface area contributed by atoms with Gasteiger partial charge in [-0.05, 0) is 40.2 Å². The Morgan fingerprint density at radius 1 is 1.18 bits per heavy atom. The first-order valence-corrected chi connectivity index (χ1v) is 6.29. The zero-order valence-electron chi connectivity index (χ0n) is 8.61. The lowest BCUT2D eigenvalue weighted by Crippen LogP contribution is -2.10. The number of nitrogens with two attached hydrogens (primary N) is 1. The summed E-state index contributed by atoms with van der Waals surface area (Å²) in [7, 11) is 0. The van der Waals surface area contributed by atoms with Gasteiger partial charge in [0.2, 0.25) is 5.95 Å². The van der Waals surface area contributed by atoms with Crippen LogP contribution in [0, 0.1) is 0 Å². The third-order valence-electron chi connectivity index (χ3n) is 1.98. The fourth-order valence-electron chi connectivity index (χ4n) is 1.23. The fourth-order valence-corrected chi connectivity index (χ4v) is 1.94. The summed E-state index contributed by atoms with van der Waals surface area (Å²) in [5.41, 5.74) is 3.30. The van der Waals surface area contributed by atoms with Gasteiger partial charge in [-0.1, -0.05) is 15.9 Å². The third-order valence-corrected chi connectivity index (χ3v) is 3.16. The number of aromatic nitrogens is 2. The normalized spacial score (nSPS) is 10.1. The Morgan fingerprint density at radius 3 is 2.76 bits per heavy atom. The number of hydrogen-bond donors (Lipinski definition) is 3. The zero-order valence-corrected chi connectivity index (χ0v) is 11.8. The van der Waals surface area contributed by atoms with Crippen LogP contribution in [0.25, 0.3) is 0 Å². The SMILES string of the molecule is NNc1nccc(Nc2cc(Br)ccc2Br)n1. The van der Waals surface area contributed by atoms with E-state index in [1.165, 1.54) is 0 Å². The van der Waals surface area contributed by atoms with Crippen molar-refractivity contribution >= 4 is 49.3 Å². The molecule has 0 amide bonds. The summed E-state index contributed by atoms with van der Waals surface area (Å²) in [6.45, 7) is 0. The molecule has 0 bridgehead atoms. The van der Waals surface area contributed by atoms with Crippen molar-refractivity contribution in [2.75, 3.05) is 10.7 Å². The molecule has 0 radical (unpaired) electrons. The van der Waals surface area contributed by atoms with Gasteiger partial charge in [0.1, 0.15) is 5.82 Å². The highest BCUT2D eigenvalue weighted by Gasteiger charge is 2.03. The highest BCUT2D eigenvalue weighted by Crippen LogP contribution is 2.28. The molecule has 2 rings (SSSR count). The van der Waals surface area contributed by atoms with Gasteiger partial charge < -0.3 is 5.32 Å². The number of nitrogens with zero attached hydrogens (tertiary/aromatic N) is 2. The van der Waals surface area contributed by atoms with Gasteiger partial charge >= 0.3 is 0 Å². The van der Waals surface area contributed by atoms with Crippen molar-refractivity contribution in [3.63, 3.8) is 0 Å². The molecule has 0 atom stereocenters. The van der Waals surface area contributed by atoms with Crippen molar-refractivity contribution < 1.29 is 0 Å². The second-order valence-electron chi connectivity index (χ2n) is 3.16. The number of hydrazine groups is 1. The molecule has 0 fully saturated rings. The molecular formula is C10H9Br2N5. The van der Waals surface area contributed by atoms with Gasteiger partial charge in [0.15, 0.2) is 0 Å². The average molecular weight is 359 g/mol. The molecular weight excluding hydrogens is 350 g/mol. The topological polar surface area (TPSA) is 75.9 Å². The standard InChI is InChI=1S/C10H9Br2N5/c11-6-1-2-7(12)8(5-6)15-9-3-4-14-10(16-9)17-13/h1-5H,13H2,(H2,14,15,16,17). The molecule has 1 heterocycles. The summed E-state index contributed by atoms with van der Waals surface area (Å²) in [6.07, 6.45) is 1.62. The van der Waals surface area contributed by atoms with Gasteiger partial charge in [0.05, 0.1) is 5.69 Å². The Labute approximate surface area is 115 Å². The maximum Gasteiger partial charge on any atom is 0.239 e. The molecule has 0 saturated heterocycles. The molecule has 17 heavy (non-hydrogen) atoms. The van der Waals surface area contributed by atoms with E-state index in [0.717, 1.165) is 14.6 Å². The summed E-state index contributed by atoms with van der Waals surface area (Å²) in [6, 6.07) is 7.59. The van der Waals surface area contributed by atoms with Crippen LogP contribution in [0.1, 0.15) is 0 Å². The number of anilines is 3. The molecule has 5 nitrogen and oxygen atoms in total. The van der Waals surface area contributed by atoms with Crippen LogP contribution in [-0.4, -0.2) is 9.97 Å². The van der Waals surface area contributed by atoms with Gasteiger partial charge in [-0.15, -0.1) is 0 Å². The fraction of sp³-hybridized carbons (Fsp3) is 0. The lowest BCUT2D eigenvalue weighted by molar-refractivity contribution is 1.12. The molecule has 0 aliphatic carbocycles. The highest BCUT2D eigenvalue weighted by molar-refractivity contribution is 9.11. The molecule has 7 heteroatoms. The van der Waals surface area contributed by atoms with Crippen LogP contribution in [0.15, 0.2) is 39.4 Å². The minimum absolute atomic E-state index is 0.362. The van der Waals surface area contributed by atoms with E-state index in [4.69, 9.17) is 5.84 Å². The van der Waals surface area contributed by atoms with E-state index in [9.17, 15) is 0 Å². The highest BCUT2D eigenvalue weighted by atomic mass is 79.9. The Kier molecular flexibility index (Phi) is 3.93. The molecule has 2 aromatic rings. The van der Waals surface area contributed by atoms with E-state index < -0.39 is 0 Å². The molecule has 0 aliphatic heterocycles. The minimum Gasteiger partial charge on any atom is -0.339 e. The number of hydrogen-bond acceptors (Lipinski definition) is 5. The average Bonchev–Trinajstić information content (AvgIpc) is 2.34. The second kappa shape index (κ2) is 5.44. The predicted molar refractivity (Wildman–Crippen MR) is 75.0 cm³/mol. The van der Waals surface area contributed by atoms with Crippen molar-refractivity contribution in [2.24, 2.45) is 5.84 Å². The van der Waals surface area contributed by atoms with Crippen LogP contribution < -0.4 is 16.6 Å². The first kappa shape index (κ1) is 12.3. The molecule has 88 valence electrons. The first-order chi connectivity index (χ1) is 8.19. The Hall–Kier alpha value is -1.18. The number of benzene rings is 1. The summed E-state index contributed by atoms with van der Waals surface area (Å²) < 4.78 is 1.93. The van der Waals surface area contributed by atoms with Gasteiger partial charge in [0, 0.05) is 15.1 Å². The van der Waals surface area contributed by atoms with Gasteiger partial charge in [-0.25, -0.2) is 10.8 Å². The van der Waals surface area contributed by atoms with E-state index in [2.05, 4.69) is 52.6 Å². The molecule has 0 aliphatic rings. The van der Waals surface area contributed by atoms with Gasteiger partial charge in [-0.2, -0.15) is 4.98 Å². The van der Waals surface area contributed by atoms with Crippen LogP contribution in [-0.2, 0) is 0 Å². The van der Waals surface area contributed by atoms with Gasteiger partial charge in [-0.3, -0.25) is 5.43 Å². The van der Waals surface area contributed by atoms with Crippen LogP contribution in [0.4, 0.5) is 17.5 Å². The van der Waals surface area contributed by atoms with Crippen molar-refractivity contribution in [1.82, 2.24) is 9.97 Å². The number of rotatable bonds is 3. The van der Waals surface area contributed by atoms with E-state index in [1.807, 2.05) is 18.2 Å². The number of nitrogens with one attached hydrogen (secondary N) is 2. The molecule has 0 spiro atoms. The molecule has 1 aromatic carbocycles. The maximum atomic E-state index is 5.25. The molecule has 0 saturated carbocycles. The van der Waals surface area contributed by atoms with Crippen molar-refractivity contribution in [3.05, 3.63) is 39.4 Å². The lowest BCUT2D eigenvalue weighted by Gasteiger charge is -2.08. The van der Waals surface area contributed by atoms with Crippen molar-refractivity contribution in [3.8, 4) is 0 Å². The van der Waals surface area contributed by atoms with Crippen LogP contribution in [0.2, 0.25) is 0 Å². The molecule has 1 aromatic heterocycles. The third kappa shape index (κ3) is 3.15. The van der Waals surface area contributed by atoms with Crippen LogP contribution in [0.5, 0.6) is 0 Å². The number of halogens is 2. The summed E-state index contributed by atoms with van der Waals surface area (Å²) in [5, 5.41) is 3.16. The monoisotopic (exact) mass is 357 g/mol. The first-order valence-electron chi connectivity index (χ1n) is 4.71. The summed E-state index contributed by atoms with van der Waals surface area (Å²) >= 11 is 6.87. The Bertz CT molecular complexity index is 532. The summed E-state index contributed by atoms with van der Waals surface area (Å²) in [4.78, 5) is 8.09. The quantitative estimate of drug-likeness (QED) is 0.580. The van der Waals surface area contributed by atoms with Crippen molar-refractivity contribution in [2.45, 2.75) is 0 Å². The maximum absolute atomic E-state index is 5.25. The predicted octanol–water partition coefficient (Wildman–Crippen LogP) is 3.03. The van der Waals surface area contributed by atoms with E-state index in [0.29, 0.717) is 11.8 Å². The Morgan fingerprint density at radius 2 is 2.00 bits per heavy atom. The van der Waals surface area contributed by atoms with Crippen LogP contribution >= 0.6 is 31.9 Å². The van der Waals surface area contributed by atoms with Crippen molar-refractivity contribution in [1.29, 1.82) is 0 Å². The lowest BCUT2D eigenvalue weighted by atomic mass is 10.3. The van der Waals surface area contributed by atoms with Gasteiger partial charge in [0.25, 0.3) is 0 Å². The summed E-state index contributed by atoms with van der Waals surface area (Å²) in [5.74, 6) is 6.27.